The fourth-order valence-electron chi connectivity index (χ4n) is 4.31. The van der Waals surface area contributed by atoms with E-state index in [1.165, 1.54) is 15.4 Å². The molecule has 2 fully saturated rings. The van der Waals surface area contributed by atoms with E-state index >= 15 is 0 Å². The highest BCUT2D eigenvalue weighted by Gasteiger charge is 2.50. The Hall–Kier alpha value is -2.82. The van der Waals surface area contributed by atoms with Crippen molar-refractivity contribution in [1.82, 2.24) is 24.8 Å². The van der Waals surface area contributed by atoms with Crippen LogP contribution in [0.2, 0.25) is 5.02 Å². The van der Waals surface area contributed by atoms with Crippen molar-refractivity contribution < 1.29 is 13.9 Å². The van der Waals surface area contributed by atoms with Gasteiger partial charge in [0.25, 0.3) is 5.56 Å². The molecule has 5 rings (SSSR count). The first-order chi connectivity index (χ1) is 15.4. The Morgan fingerprint density at radius 1 is 1.34 bits per heavy atom. The standard InChI is InChI=1S/C21H22ClFN6O3/c1-27-18(20(25-26-27)16-4-3-13(22)5-17(16)23)9-29-19(30)6-14(8-24-29)28-11-21(12-28)7-15(31-2)10-32-21/h3-6,8,15H,7,9-12H2,1-2H3. The predicted octanol–water partition coefficient (Wildman–Crippen LogP) is 1.87. The van der Waals surface area contributed by atoms with Crippen LogP contribution in [0.25, 0.3) is 11.3 Å². The molecular formula is C21H22ClFN6O3. The largest absolute Gasteiger partial charge is 0.379 e. The Morgan fingerprint density at radius 2 is 2.16 bits per heavy atom. The molecule has 0 aliphatic carbocycles. The smallest absolute Gasteiger partial charge is 0.269 e. The fraction of sp³-hybridized carbons (Fsp3) is 0.429. The molecule has 0 radical (unpaired) electrons. The van der Waals surface area contributed by atoms with Crippen molar-refractivity contribution in [2.75, 3.05) is 31.7 Å². The van der Waals surface area contributed by atoms with Crippen molar-refractivity contribution in [2.45, 2.75) is 24.7 Å². The molecule has 0 N–H and O–H groups in total. The van der Waals surface area contributed by atoms with Crippen LogP contribution in [0.15, 0.2) is 35.3 Å². The maximum atomic E-state index is 14.4. The van der Waals surface area contributed by atoms with Crippen LogP contribution in [0, 0.1) is 5.82 Å². The topological polar surface area (TPSA) is 87.3 Å². The third-order valence-electron chi connectivity index (χ3n) is 6.12. The van der Waals surface area contributed by atoms with Gasteiger partial charge in [0.15, 0.2) is 0 Å². The van der Waals surface area contributed by atoms with E-state index < -0.39 is 5.82 Å². The zero-order chi connectivity index (χ0) is 22.5. The maximum absolute atomic E-state index is 14.4. The van der Waals surface area contributed by atoms with Gasteiger partial charge in [-0.25, -0.2) is 13.8 Å². The summed E-state index contributed by atoms with van der Waals surface area (Å²) in [5, 5.41) is 12.7. The lowest BCUT2D eigenvalue weighted by Gasteiger charge is -2.48. The number of aryl methyl sites for hydroxylation is 1. The van der Waals surface area contributed by atoms with Gasteiger partial charge in [-0.1, -0.05) is 16.8 Å². The predicted molar refractivity (Wildman–Crippen MR) is 115 cm³/mol. The molecule has 1 aromatic carbocycles. The Labute approximate surface area is 188 Å². The number of benzene rings is 1. The zero-order valence-corrected chi connectivity index (χ0v) is 18.4. The summed E-state index contributed by atoms with van der Waals surface area (Å²) in [5.41, 5.74) is 1.44. The molecule has 2 aromatic heterocycles. The molecule has 3 aromatic rings. The molecule has 1 atom stereocenters. The molecule has 1 unspecified atom stereocenters. The van der Waals surface area contributed by atoms with Crippen molar-refractivity contribution in [1.29, 1.82) is 0 Å². The second kappa shape index (κ2) is 7.95. The summed E-state index contributed by atoms with van der Waals surface area (Å²) in [5.74, 6) is -0.508. The summed E-state index contributed by atoms with van der Waals surface area (Å²) < 4.78 is 28.5. The fourth-order valence-corrected chi connectivity index (χ4v) is 4.47. The molecule has 168 valence electrons. The van der Waals surface area contributed by atoms with E-state index in [4.69, 9.17) is 21.1 Å². The van der Waals surface area contributed by atoms with E-state index in [0.29, 0.717) is 36.1 Å². The number of anilines is 1. The summed E-state index contributed by atoms with van der Waals surface area (Å²) in [4.78, 5) is 14.8. The van der Waals surface area contributed by atoms with Gasteiger partial charge in [0.1, 0.15) is 17.1 Å². The summed E-state index contributed by atoms with van der Waals surface area (Å²) in [6.07, 6.45) is 2.63. The van der Waals surface area contributed by atoms with Gasteiger partial charge in [-0.15, -0.1) is 5.10 Å². The molecule has 11 heteroatoms. The monoisotopic (exact) mass is 460 g/mol. The molecule has 2 aliphatic rings. The van der Waals surface area contributed by atoms with E-state index in [-0.39, 0.29) is 29.4 Å². The second-order valence-electron chi connectivity index (χ2n) is 8.25. The molecule has 0 amide bonds. The van der Waals surface area contributed by atoms with E-state index in [1.54, 1.807) is 38.6 Å². The van der Waals surface area contributed by atoms with E-state index in [2.05, 4.69) is 20.3 Å². The van der Waals surface area contributed by atoms with Crippen molar-refractivity contribution in [2.24, 2.45) is 7.05 Å². The minimum absolute atomic E-state index is 0.0998. The highest BCUT2D eigenvalue weighted by Crippen LogP contribution is 2.38. The van der Waals surface area contributed by atoms with Gasteiger partial charge in [-0.2, -0.15) is 5.10 Å². The van der Waals surface area contributed by atoms with Crippen LogP contribution in [-0.2, 0) is 23.1 Å². The molecule has 0 bridgehead atoms. The Morgan fingerprint density at radius 3 is 2.84 bits per heavy atom. The molecule has 0 saturated carbocycles. The third kappa shape index (κ3) is 3.68. The van der Waals surface area contributed by atoms with Crippen molar-refractivity contribution in [3.05, 3.63) is 57.3 Å². The number of halogens is 2. The molecule has 2 aliphatic heterocycles. The van der Waals surface area contributed by atoms with Crippen molar-refractivity contribution in [3.63, 3.8) is 0 Å². The summed E-state index contributed by atoms with van der Waals surface area (Å²) in [6, 6.07) is 5.90. The quantitative estimate of drug-likeness (QED) is 0.574. The minimum atomic E-state index is -0.508. The van der Waals surface area contributed by atoms with Crippen LogP contribution < -0.4 is 10.5 Å². The highest BCUT2D eigenvalue weighted by molar-refractivity contribution is 6.30. The van der Waals surface area contributed by atoms with Gasteiger partial charge >= 0.3 is 0 Å². The van der Waals surface area contributed by atoms with Gasteiger partial charge in [0.2, 0.25) is 0 Å². The first kappa shape index (κ1) is 21.0. The highest BCUT2D eigenvalue weighted by atomic mass is 35.5. The van der Waals surface area contributed by atoms with E-state index in [1.807, 2.05) is 0 Å². The third-order valence-corrected chi connectivity index (χ3v) is 6.35. The number of aromatic nitrogens is 5. The van der Waals surface area contributed by atoms with Gasteiger partial charge in [0.05, 0.1) is 36.8 Å². The van der Waals surface area contributed by atoms with Crippen LogP contribution in [0.5, 0.6) is 0 Å². The molecule has 9 nitrogen and oxygen atoms in total. The number of nitrogens with zero attached hydrogens (tertiary/aromatic N) is 6. The molecule has 4 heterocycles. The summed E-state index contributed by atoms with van der Waals surface area (Å²) in [7, 11) is 3.38. The van der Waals surface area contributed by atoms with Gasteiger partial charge in [-0.05, 0) is 18.2 Å². The Balaban J connectivity index is 1.35. The van der Waals surface area contributed by atoms with Crippen LogP contribution >= 0.6 is 11.6 Å². The van der Waals surface area contributed by atoms with Gasteiger partial charge in [-0.3, -0.25) is 4.79 Å². The van der Waals surface area contributed by atoms with E-state index in [0.717, 1.165) is 12.1 Å². The first-order valence-corrected chi connectivity index (χ1v) is 10.6. The lowest BCUT2D eigenvalue weighted by atomic mass is 9.90. The Kier molecular flexibility index (Phi) is 5.23. The average Bonchev–Trinajstić information content (AvgIpc) is 3.33. The minimum Gasteiger partial charge on any atom is -0.379 e. The number of methoxy groups -OCH3 is 1. The van der Waals surface area contributed by atoms with E-state index in [9.17, 15) is 9.18 Å². The molecule has 2 saturated heterocycles. The van der Waals surface area contributed by atoms with Gasteiger partial charge < -0.3 is 14.4 Å². The number of ether oxygens (including phenoxy) is 2. The SMILES string of the molecule is COC1COC2(C1)CN(c1cnn(Cc3c(-c4ccc(Cl)cc4F)nnn3C)c(=O)c1)C2. The normalized spacial score (nSPS) is 19.5. The maximum Gasteiger partial charge on any atom is 0.269 e. The lowest BCUT2D eigenvalue weighted by molar-refractivity contribution is -0.0209. The molecule has 32 heavy (non-hydrogen) atoms. The van der Waals surface area contributed by atoms with Crippen LogP contribution in [0.3, 0.4) is 0 Å². The molecular weight excluding hydrogens is 439 g/mol. The van der Waals surface area contributed by atoms with Crippen LogP contribution in [0.4, 0.5) is 10.1 Å². The first-order valence-electron chi connectivity index (χ1n) is 10.2. The number of hydrogen-bond acceptors (Lipinski definition) is 7. The molecule has 1 spiro atoms. The van der Waals surface area contributed by atoms with Crippen LogP contribution in [0.1, 0.15) is 12.1 Å². The lowest BCUT2D eigenvalue weighted by Crippen LogP contribution is -2.62. The zero-order valence-electron chi connectivity index (χ0n) is 17.7. The Bertz CT molecular complexity index is 1220. The van der Waals surface area contributed by atoms with Crippen molar-refractivity contribution >= 4 is 17.3 Å². The number of hydrogen-bond donors (Lipinski definition) is 0. The van der Waals surface area contributed by atoms with Crippen LogP contribution in [-0.4, -0.2) is 63.3 Å². The van der Waals surface area contributed by atoms with Crippen molar-refractivity contribution in [3.8, 4) is 11.3 Å². The average molecular weight is 461 g/mol. The number of rotatable bonds is 5. The summed E-state index contributed by atoms with van der Waals surface area (Å²) in [6.45, 7) is 2.09. The summed E-state index contributed by atoms with van der Waals surface area (Å²) >= 11 is 5.86. The van der Waals surface area contributed by atoms with Gasteiger partial charge in [0, 0.05) is 50.3 Å². The second-order valence-corrected chi connectivity index (χ2v) is 8.69.